The van der Waals surface area contributed by atoms with Gasteiger partial charge in [-0.05, 0) is 51.8 Å². The highest BCUT2D eigenvalue weighted by Gasteiger charge is 2.38. The zero-order valence-electron chi connectivity index (χ0n) is 13.4. The van der Waals surface area contributed by atoms with Gasteiger partial charge in [-0.2, -0.15) is 0 Å². The van der Waals surface area contributed by atoms with Gasteiger partial charge < -0.3 is 10.0 Å². The number of carboxylic acid groups (broad SMARTS) is 1. The molecule has 120 valence electrons. The quantitative estimate of drug-likeness (QED) is 0.936. The lowest BCUT2D eigenvalue weighted by Crippen LogP contribution is -2.44. The van der Waals surface area contributed by atoms with E-state index in [9.17, 15) is 14.7 Å². The Balaban J connectivity index is 1.99. The lowest BCUT2D eigenvalue weighted by atomic mass is 10.1. The molecule has 1 N–H and O–H groups in total. The van der Waals surface area contributed by atoms with Crippen LogP contribution in [0.1, 0.15) is 41.5 Å². The number of aliphatic carboxylic acids is 1. The number of fused-ring (bicyclic) bond motifs is 1. The van der Waals surface area contributed by atoms with E-state index in [0.717, 1.165) is 29.7 Å². The van der Waals surface area contributed by atoms with Crippen molar-refractivity contribution >= 4 is 22.9 Å². The van der Waals surface area contributed by atoms with Gasteiger partial charge in [0.05, 0.1) is 22.4 Å². The summed E-state index contributed by atoms with van der Waals surface area (Å²) in [5.41, 5.74) is 3.51. The number of aryl methyl sites for hydroxylation is 2. The molecule has 1 fully saturated rings. The number of rotatable bonds is 4. The normalized spacial score (nSPS) is 15.4. The van der Waals surface area contributed by atoms with Crippen molar-refractivity contribution in [3.8, 4) is 0 Å². The monoisotopic (exact) mass is 313 g/mol. The van der Waals surface area contributed by atoms with Gasteiger partial charge in [0.1, 0.15) is 6.04 Å². The van der Waals surface area contributed by atoms with Gasteiger partial charge in [0, 0.05) is 11.6 Å². The largest absolute Gasteiger partial charge is 0.480 e. The summed E-state index contributed by atoms with van der Waals surface area (Å²) in [6.07, 6.45) is 1.71. The van der Waals surface area contributed by atoms with E-state index < -0.39 is 12.0 Å². The zero-order valence-corrected chi connectivity index (χ0v) is 13.4. The number of amides is 1. The number of aromatic nitrogens is 2. The topological polar surface area (TPSA) is 83.4 Å². The molecular formula is C17H19N3O3. The maximum Gasteiger partial charge on any atom is 0.326 e. The summed E-state index contributed by atoms with van der Waals surface area (Å²) < 4.78 is 0. The Morgan fingerprint density at radius 2 is 1.78 bits per heavy atom. The molecule has 0 radical (unpaired) electrons. The van der Waals surface area contributed by atoms with E-state index in [1.54, 1.807) is 25.1 Å². The predicted octanol–water partition coefficient (Wildman–Crippen LogP) is 2.32. The molecule has 3 rings (SSSR count). The minimum Gasteiger partial charge on any atom is -0.480 e. The van der Waals surface area contributed by atoms with Crippen LogP contribution in [0, 0.1) is 13.8 Å². The van der Waals surface area contributed by atoms with Crippen molar-refractivity contribution in [1.82, 2.24) is 14.9 Å². The van der Waals surface area contributed by atoms with Crippen molar-refractivity contribution in [3.63, 3.8) is 0 Å². The molecule has 0 saturated heterocycles. The summed E-state index contributed by atoms with van der Waals surface area (Å²) in [5.74, 6) is -1.25. The molecule has 6 heteroatoms. The lowest BCUT2D eigenvalue weighted by molar-refractivity contribution is -0.141. The first-order valence-corrected chi connectivity index (χ1v) is 7.69. The van der Waals surface area contributed by atoms with Crippen LogP contribution in [0.3, 0.4) is 0 Å². The fraction of sp³-hybridized carbons (Fsp3) is 0.412. The number of carbonyl (C=O) groups excluding carboxylic acids is 1. The maximum atomic E-state index is 12.8. The highest BCUT2D eigenvalue weighted by molar-refractivity contribution is 5.99. The minimum absolute atomic E-state index is 0.0233. The molecular weight excluding hydrogens is 294 g/mol. The summed E-state index contributed by atoms with van der Waals surface area (Å²) >= 11 is 0. The van der Waals surface area contributed by atoms with Crippen molar-refractivity contribution in [1.29, 1.82) is 0 Å². The lowest BCUT2D eigenvalue weighted by Gasteiger charge is -2.26. The molecule has 23 heavy (non-hydrogen) atoms. The third-order valence-corrected chi connectivity index (χ3v) is 4.27. The average molecular weight is 313 g/mol. The van der Waals surface area contributed by atoms with Gasteiger partial charge in [0.2, 0.25) is 0 Å². The number of nitrogens with zero attached hydrogens (tertiary/aromatic N) is 3. The van der Waals surface area contributed by atoms with Gasteiger partial charge in [0.25, 0.3) is 5.91 Å². The molecule has 0 spiro atoms. The molecule has 2 aromatic rings. The van der Waals surface area contributed by atoms with Crippen LogP contribution in [0.5, 0.6) is 0 Å². The first-order chi connectivity index (χ1) is 10.9. The zero-order chi connectivity index (χ0) is 16.7. The van der Waals surface area contributed by atoms with Crippen LogP contribution in [0.2, 0.25) is 0 Å². The van der Waals surface area contributed by atoms with Crippen LogP contribution < -0.4 is 0 Å². The molecule has 1 amide bonds. The minimum atomic E-state index is -0.989. The Bertz CT molecular complexity index is 799. The Hall–Kier alpha value is -2.50. The maximum absolute atomic E-state index is 12.8. The number of hydrogen-bond donors (Lipinski definition) is 1. The van der Waals surface area contributed by atoms with Crippen LogP contribution in [0.4, 0.5) is 0 Å². The standard InChI is InChI=1S/C17H19N3O3/c1-9-10(2)19-15-8-12(4-7-14(15)18-9)16(21)20(13-5-6-13)11(3)17(22)23/h4,7-8,11,13H,5-6H2,1-3H3,(H,22,23). The second-order valence-corrected chi connectivity index (χ2v) is 6.06. The van der Waals surface area contributed by atoms with Crippen molar-refractivity contribution in [2.75, 3.05) is 0 Å². The molecule has 1 atom stereocenters. The van der Waals surface area contributed by atoms with Gasteiger partial charge in [-0.1, -0.05) is 0 Å². The highest BCUT2D eigenvalue weighted by Crippen LogP contribution is 2.30. The SMILES string of the molecule is Cc1nc2ccc(C(=O)N(C3CC3)C(C)C(=O)O)cc2nc1C. The van der Waals surface area contributed by atoms with Crippen LogP contribution in [0.25, 0.3) is 11.0 Å². The molecule has 1 aliphatic carbocycles. The second-order valence-electron chi connectivity index (χ2n) is 6.06. The van der Waals surface area contributed by atoms with Crippen molar-refractivity contribution < 1.29 is 14.7 Å². The summed E-state index contributed by atoms with van der Waals surface area (Å²) in [6.45, 7) is 5.32. The van der Waals surface area contributed by atoms with Crippen molar-refractivity contribution in [2.24, 2.45) is 0 Å². The van der Waals surface area contributed by atoms with Gasteiger partial charge in [-0.3, -0.25) is 4.79 Å². The Labute approximate surface area is 134 Å². The molecule has 6 nitrogen and oxygen atoms in total. The van der Waals surface area contributed by atoms with E-state index in [0.29, 0.717) is 11.1 Å². The van der Waals surface area contributed by atoms with Crippen LogP contribution in [-0.4, -0.2) is 43.9 Å². The van der Waals surface area contributed by atoms with E-state index in [1.807, 2.05) is 13.8 Å². The summed E-state index contributed by atoms with van der Waals surface area (Å²) in [6, 6.07) is 4.34. The molecule has 0 aliphatic heterocycles. The van der Waals surface area contributed by atoms with Gasteiger partial charge in [-0.25, -0.2) is 14.8 Å². The van der Waals surface area contributed by atoms with E-state index in [4.69, 9.17) is 0 Å². The first kappa shape index (κ1) is 15.4. The second kappa shape index (κ2) is 5.61. The molecule has 0 bridgehead atoms. The third-order valence-electron chi connectivity index (χ3n) is 4.27. The smallest absolute Gasteiger partial charge is 0.326 e. The van der Waals surface area contributed by atoms with E-state index in [2.05, 4.69) is 9.97 Å². The molecule has 1 heterocycles. The van der Waals surface area contributed by atoms with E-state index >= 15 is 0 Å². The van der Waals surface area contributed by atoms with Gasteiger partial charge >= 0.3 is 5.97 Å². The van der Waals surface area contributed by atoms with Crippen molar-refractivity contribution in [3.05, 3.63) is 35.2 Å². The van der Waals surface area contributed by atoms with E-state index in [-0.39, 0.29) is 11.9 Å². The van der Waals surface area contributed by atoms with Gasteiger partial charge in [-0.15, -0.1) is 0 Å². The van der Waals surface area contributed by atoms with Crippen LogP contribution in [-0.2, 0) is 4.79 Å². The molecule has 1 aromatic carbocycles. The van der Waals surface area contributed by atoms with Crippen LogP contribution in [0.15, 0.2) is 18.2 Å². The number of benzene rings is 1. The summed E-state index contributed by atoms with van der Waals surface area (Å²) in [7, 11) is 0. The summed E-state index contributed by atoms with van der Waals surface area (Å²) in [4.78, 5) is 34.5. The number of carbonyl (C=O) groups is 2. The van der Waals surface area contributed by atoms with E-state index in [1.165, 1.54) is 4.90 Å². The molecule has 1 unspecified atom stereocenters. The first-order valence-electron chi connectivity index (χ1n) is 7.69. The number of hydrogen-bond acceptors (Lipinski definition) is 4. The van der Waals surface area contributed by atoms with Crippen molar-refractivity contribution in [2.45, 2.75) is 45.7 Å². The average Bonchev–Trinajstić information content (AvgIpc) is 3.32. The highest BCUT2D eigenvalue weighted by atomic mass is 16.4. The Morgan fingerprint density at radius 1 is 1.17 bits per heavy atom. The fourth-order valence-corrected chi connectivity index (χ4v) is 2.64. The molecule has 1 aliphatic rings. The number of carboxylic acids is 1. The Kier molecular flexibility index (Phi) is 3.75. The third kappa shape index (κ3) is 2.88. The fourth-order valence-electron chi connectivity index (χ4n) is 2.64. The Morgan fingerprint density at radius 3 is 2.35 bits per heavy atom. The molecule has 1 saturated carbocycles. The van der Waals surface area contributed by atoms with Crippen LogP contribution >= 0.6 is 0 Å². The molecule has 1 aromatic heterocycles. The summed E-state index contributed by atoms with van der Waals surface area (Å²) in [5, 5.41) is 9.25. The predicted molar refractivity (Wildman–Crippen MR) is 85.3 cm³/mol. The van der Waals surface area contributed by atoms with Gasteiger partial charge in [0.15, 0.2) is 0 Å².